The van der Waals surface area contributed by atoms with Crippen LogP contribution in [0.15, 0.2) is 16.9 Å². The Kier molecular flexibility index (Phi) is 4.47. The Labute approximate surface area is 133 Å². The molecule has 4 atom stereocenters. The van der Waals surface area contributed by atoms with Crippen LogP contribution in [-0.4, -0.2) is 28.8 Å². The van der Waals surface area contributed by atoms with Crippen molar-refractivity contribution < 1.29 is 31.5 Å². The Hall–Kier alpha value is -1.97. The summed E-state index contributed by atoms with van der Waals surface area (Å²) < 4.78 is 70.1. The molecule has 1 fully saturated rings. The molecule has 0 bridgehead atoms. The van der Waals surface area contributed by atoms with Crippen molar-refractivity contribution in [3.63, 3.8) is 0 Å². The highest BCUT2D eigenvalue weighted by Gasteiger charge is 2.65. The van der Waals surface area contributed by atoms with E-state index in [-0.39, 0.29) is 5.56 Å². The first-order chi connectivity index (χ1) is 10.9. The quantitative estimate of drug-likeness (QED) is 0.817. The van der Waals surface area contributed by atoms with Gasteiger partial charge < -0.3 is 15.5 Å². The lowest BCUT2D eigenvalue weighted by atomic mass is 9.77. The summed E-state index contributed by atoms with van der Waals surface area (Å²) in [6.45, 7) is 1.93. The largest absolute Gasteiger partial charge is 0.417 e. The van der Waals surface area contributed by atoms with Crippen molar-refractivity contribution in [3.05, 3.63) is 33.7 Å². The first kappa shape index (κ1) is 18.4. The molecule has 0 saturated carbocycles. The van der Waals surface area contributed by atoms with E-state index in [0.29, 0.717) is 0 Å². The van der Waals surface area contributed by atoms with Crippen molar-refractivity contribution in [2.45, 2.75) is 44.1 Å². The fraction of sp³-hybridized carbons (Fsp3) is 0.571. The van der Waals surface area contributed by atoms with Gasteiger partial charge in [0.25, 0.3) is 12.0 Å². The topological polar surface area (TPSA) is 85.2 Å². The van der Waals surface area contributed by atoms with Crippen molar-refractivity contribution in [1.82, 2.24) is 4.98 Å². The summed E-state index contributed by atoms with van der Waals surface area (Å²) in [4.78, 5) is 25.5. The van der Waals surface area contributed by atoms with Crippen LogP contribution in [0, 0.1) is 5.92 Å². The van der Waals surface area contributed by atoms with E-state index in [9.17, 15) is 31.5 Å². The molecular weight excluding hydrogens is 339 g/mol. The fourth-order valence-electron chi connectivity index (χ4n) is 2.93. The second-order valence-electron chi connectivity index (χ2n) is 5.86. The van der Waals surface area contributed by atoms with Crippen LogP contribution < -0.4 is 11.3 Å². The smallest absolute Gasteiger partial charge is 0.367 e. The predicted octanol–water partition coefficient (Wildman–Crippen LogP) is 2.24. The van der Waals surface area contributed by atoms with Crippen molar-refractivity contribution in [1.29, 1.82) is 0 Å². The van der Waals surface area contributed by atoms with Crippen LogP contribution in [0.25, 0.3) is 0 Å². The van der Waals surface area contributed by atoms with Gasteiger partial charge in [-0.05, 0) is 13.0 Å². The van der Waals surface area contributed by atoms with Gasteiger partial charge in [0.15, 0.2) is 5.60 Å². The number of alkyl halides is 5. The van der Waals surface area contributed by atoms with Crippen LogP contribution in [0.2, 0.25) is 0 Å². The summed E-state index contributed by atoms with van der Waals surface area (Å²) in [5.74, 6) is -3.82. The highest BCUT2D eigenvalue weighted by Crippen LogP contribution is 2.52. The molecular formula is C14H15F5N2O3. The Morgan fingerprint density at radius 1 is 1.38 bits per heavy atom. The zero-order valence-corrected chi connectivity index (χ0v) is 12.7. The van der Waals surface area contributed by atoms with Gasteiger partial charge in [0, 0.05) is 17.4 Å². The first-order valence-corrected chi connectivity index (χ1v) is 6.95. The summed E-state index contributed by atoms with van der Waals surface area (Å²) in [5, 5.41) is 0. The molecule has 3 N–H and O–H groups in total. The highest BCUT2D eigenvalue weighted by molar-refractivity contribution is 5.80. The van der Waals surface area contributed by atoms with Gasteiger partial charge in [-0.25, -0.2) is 8.78 Å². The maximum Gasteiger partial charge on any atom is 0.417 e. The summed E-state index contributed by atoms with van der Waals surface area (Å²) in [7, 11) is 0. The van der Waals surface area contributed by atoms with E-state index in [4.69, 9.17) is 10.5 Å². The number of nitrogens with one attached hydrogen (secondary N) is 1. The molecule has 0 radical (unpaired) electrons. The molecule has 0 aliphatic carbocycles. The van der Waals surface area contributed by atoms with Gasteiger partial charge in [0.2, 0.25) is 5.91 Å². The van der Waals surface area contributed by atoms with Gasteiger partial charge in [-0.15, -0.1) is 0 Å². The molecule has 24 heavy (non-hydrogen) atoms. The Balaban J connectivity index is 2.55. The van der Waals surface area contributed by atoms with Gasteiger partial charge >= 0.3 is 6.18 Å². The molecule has 1 saturated heterocycles. The van der Waals surface area contributed by atoms with E-state index in [1.807, 2.05) is 4.98 Å². The van der Waals surface area contributed by atoms with Crippen LogP contribution in [0.5, 0.6) is 0 Å². The molecule has 0 spiro atoms. The number of halogens is 5. The van der Waals surface area contributed by atoms with E-state index in [2.05, 4.69) is 0 Å². The molecule has 4 unspecified atom stereocenters. The van der Waals surface area contributed by atoms with Crippen LogP contribution in [0.4, 0.5) is 22.0 Å². The number of carbonyl (C=O) groups is 1. The highest BCUT2D eigenvalue weighted by atomic mass is 19.4. The van der Waals surface area contributed by atoms with Crippen LogP contribution in [0.1, 0.15) is 37.4 Å². The minimum Gasteiger partial charge on any atom is -0.367 e. The Morgan fingerprint density at radius 3 is 2.38 bits per heavy atom. The lowest BCUT2D eigenvalue weighted by Crippen LogP contribution is -2.47. The lowest BCUT2D eigenvalue weighted by Gasteiger charge is -2.31. The maximum atomic E-state index is 13.3. The summed E-state index contributed by atoms with van der Waals surface area (Å²) in [6, 6.07) is 1.86. The zero-order valence-electron chi connectivity index (χ0n) is 12.7. The Bertz CT molecular complexity index is 702. The number of amides is 1. The average Bonchev–Trinajstić information content (AvgIpc) is 2.72. The van der Waals surface area contributed by atoms with Crippen LogP contribution in [-0.2, 0) is 9.53 Å². The molecule has 1 aliphatic rings. The SMILES string of the molecule is CC1C(c2ccc(C(F)F)[nH]c2=O)C(C(N)=O)OC1(C)C(F)(F)F. The summed E-state index contributed by atoms with van der Waals surface area (Å²) >= 11 is 0. The fourth-order valence-corrected chi connectivity index (χ4v) is 2.93. The molecule has 5 nitrogen and oxygen atoms in total. The molecule has 1 amide bonds. The number of hydrogen-bond acceptors (Lipinski definition) is 3. The third kappa shape index (κ3) is 2.79. The van der Waals surface area contributed by atoms with E-state index in [0.717, 1.165) is 19.1 Å². The van der Waals surface area contributed by atoms with Crippen molar-refractivity contribution >= 4 is 5.91 Å². The number of hydrogen-bond donors (Lipinski definition) is 2. The van der Waals surface area contributed by atoms with Crippen molar-refractivity contribution in [3.8, 4) is 0 Å². The van der Waals surface area contributed by atoms with Gasteiger partial charge in [0.1, 0.15) is 6.10 Å². The van der Waals surface area contributed by atoms with Crippen LogP contribution in [0.3, 0.4) is 0 Å². The minimum atomic E-state index is -4.81. The standard InChI is InChI=1S/C14H15F5N2O3/c1-5-8(6-3-4-7(10(15)16)21-12(6)23)9(11(20)22)24-13(5,2)14(17,18)19/h3-5,8-10H,1-2H3,(H2,20,22)(H,21,23). The second kappa shape index (κ2) is 5.83. The Morgan fingerprint density at radius 2 is 1.96 bits per heavy atom. The molecule has 1 aromatic rings. The van der Waals surface area contributed by atoms with Crippen molar-refractivity contribution in [2.24, 2.45) is 11.7 Å². The van der Waals surface area contributed by atoms with Gasteiger partial charge in [0.05, 0.1) is 5.69 Å². The van der Waals surface area contributed by atoms with Crippen LogP contribution >= 0.6 is 0 Å². The number of H-pyrrole nitrogens is 1. The first-order valence-electron chi connectivity index (χ1n) is 6.95. The monoisotopic (exact) mass is 354 g/mol. The molecule has 134 valence electrons. The molecule has 1 aromatic heterocycles. The number of ether oxygens (including phenoxy) is 1. The number of nitrogens with two attached hydrogens (primary N) is 1. The normalized spacial score (nSPS) is 30.8. The van der Waals surface area contributed by atoms with E-state index in [1.165, 1.54) is 6.92 Å². The number of rotatable bonds is 3. The zero-order chi connectivity index (χ0) is 18.4. The lowest BCUT2D eigenvalue weighted by molar-refractivity contribution is -0.272. The molecule has 0 aromatic carbocycles. The molecule has 2 heterocycles. The summed E-state index contributed by atoms with van der Waals surface area (Å²) in [6.07, 6.45) is -9.47. The number of pyridine rings is 1. The minimum absolute atomic E-state index is 0.260. The summed E-state index contributed by atoms with van der Waals surface area (Å²) in [5.41, 5.74) is 0.468. The van der Waals surface area contributed by atoms with E-state index < -0.39 is 53.3 Å². The van der Waals surface area contributed by atoms with E-state index in [1.54, 1.807) is 0 Å². The molecule has 2 rings (SSSR count). The van der Waals surface area contributed by atoms with Gasteiger partial charge in [-0.3, -0.25) is 9.59 Å². The van der Waals surface area contributed by atoms with Crippen molar-refractivity contribution in [2.75, 3.05) is 0 Å². The predicted molar refractivity (Wildman–Crippen MR) is 72.5 cm³/mol. The second-order valence-corrected chi connectivity index (χ2v) is 5.86. The number of aromatic amines is 1. The number of aromatic nitrogens is 1. The van der Waals surface area contributed by atoms with E-state index >= 15 is 0 Å². The third-order valence-corrected chi connectivity index (χ3v) is 4.51. The van der Waals surface area contributed by atoms with Gasteiger partial charge in [-0.1, -0.05) is 13.0 Å². The van der Waals surface area contributed by atoms with Gasteiger partial charge in [-0.2, -0.15) is 13.2 Å². The maximum absolute atomic E-state index is 13.3. The number of carbonyl (C=O) groups excluding carboxylic acids is 1. The number of primary amides is 1. The third-order valence-electron chi connectivity index (χ3n) is 4.51. The molecule has 10 heteroatoms. The molecule has 1 aliphatic heterocycles. The average molecular weight is 354 g/mol.